The van der Waals surface area contributed by atoms with Crippen molar-refractivity contribution in [2.24, 2.45) is 0 Å². The summed E-state index contributed by atoms with van der Waals surface area (Å²) in [5.41, 5.74) is 2.79. The minimum absolute atomic E-state index is 0.0355. The van der Waals surface area contributed by atoms with E-state index in [0.717, 1.165) is 11.1 Å². The van der Waals surface area contributed by atoms with E-state index in [1.54, 1.807) is 6.07 Å². The van der Waals surface area contributed by atoms with E-state index in [-0.39, 0.29) is 31.0 Å². The Balaban J connectivity index is 1.26. The van der Waals surface area contributed by atoms with Gasteiger partial charge in [0.25, 0.3) is 5.56 Å². The van der Waals surface area contributed by atoms with Gasteiger partial charge in [0.05, 0.1) is 36.8 Å². The van der Waals surface area contributed by atoms with E-state index in [1.165, 1.54) is 10.9 Å². The maximum atomic E-state index is 12.8. The largest absolute Gasteiger partial charge is 0.395 e. The van der Waals surface area contributed by atoms with Crippen LogP contribution in [0.15, 0.2) is 58.1 Å². The lowest BCUT2D eigenvalue weighted by Crippen LogP contribution is -2.49. The van der Waals surface area contributed by atoms with E-state index in [2.05, 4.69) is 15.0 Å². The minimum Gasteiger partial charge on any atom is -0.395 e. The van der Waals surface area contributed by atoms with Gasteiger partial charge in [0.2, 0.25) is 5.91 Å². The van der Waals surface area contributed by atoms with Crippen LogP contribution in [-0.4, -0.2) is 63.4 Å². The van der Waals surface area contributed by atoms with Gasteiger partial charge < -0.3 is 19.4 Å². The molecule has 1 N–H and O–H groups in total. The average molecular weight is 433 g/mol. The maximum absolute atomic E-state index is 12.8. The molecule has 1 aliphatic heterocycles. The molecule has 3 heterocycles. The van der Waals surface area contributed by atoms with Crippen molar-refractivity contribution in [3.63, 3.8) is 0 Å². The zero-order chi connectivity index (χ0) is 22.1. The van der Waals surface area contributed by atoms with Crippen LogP contribution >= 0.6 is 0 Å². The Hall–Kier alpha value is -3.72. The van der Waals surface area contributed by atoms with Crippen molar-refractivity contribution in [1.29, 1.82) is 0 Å². The third kappa shape index (κ3) is 3.71. The van der Waals surface area contributed by atoms with Gasteiger partial charge in [-0.25, -0.2) is 4.98 Å². The fraction of sp³-hybridized carbons (Fsp3) is 0.304. The molecule has 0 radical (unpaired) electrons. The zero-order valence-electron chi connectivity index (χ0n) is 17.5. The van der Waals surface area contributed by atoms with Gasteiger partial charge in [0, 0.05) is 37.3 Å². The SMILES string of the molecule is O=C(Cc1noc2ccccc12)N1CCN(c2ccc3c(=O)n(CCO)cnc3c2)CC1. The highest BCUT2D eigenvalue weighted by molar-refractivity contribution is 5.86. The Morgan fingerprint density at radius 2 is 1.88 bits per heavy atom. The molecule has 9 nitrogen and oxygen atoms in total. The molecule has 2 aromatic carbocycles. The fourth-order valence-corrected chi connectivity index (χ4v) is 4.15. The number of para-hydroxylation sites is 1. The highest BCUT2D eigenvalue weighted by Gasteiger charge is 2.23. The van der Waals surface area contributed by atoms with Crippen molar-refractivity contribution in [3.05, 3.63) is 64.8 Å². The van der Waals surface area contributed by atoms with E-state index >= 15 is 0 Å². The highest BCUT2D eigenvalue weighted by Crippen LogP contribution is 2.22. The number of nitrogens with zero attached hydrogens (tertiary/aromatic N) is 5. The molecule has 9 heteroatoms. The predicted molar refractivity (Wildman–Crippen MR) is 120 cm³/mol. The van der Waals surface area contributed by atoms with Gasteiger partial charge in [-0.1, -0.05) is 17.3 Å². The lowest BCUT2D eigenvalue weighted by molar-refractivity contribution is -0.130. The molecule has 1 saturated heterocycles. The molecule has 4 aromatic rings. The second kappa shape index (κ2) is 8.43. The van der Waals surface area contributed by atoms with Crippen LogP contribution in [0.5, 0.6) is 0 Å². The highest BCUT2D eigenvalue weighted by atomic mass is 16.5. The van der Waals surface area contributed by atoms with Gasteiger partial charge in [-0.15, -0.1) is 0 Å². The molecule has 5 rings (SSSR count). The molecule has 164 valence electrons. The van der Waals surface area contributed by atoms with Gasteiger partial charge in [-0.05, 0) is 30.3 Å². The minimum atomic E-state index is -0.161. The van der Waals surface area contributed by atoms with Crippen molar-refractivity contribution in [2.45, 2.75) is 13.0 Å². The second-order valence-corrected chi connectivity index (χ2v) is 7.84. The molecular weight excluding hydrogens is 410 g/mol. The normalized spacial score (nSPS) is 14.4. The lowest BCUT2D eigenvalue weighted by Gasteiger charge is -2.36. The summed E-state index contributed by atoms with van der Waals surface area (Å²) in [5.74, 6) is 0.0355. The molecule has 1 amide bonds. The maximum Gasteiger partial charge on any atom is 0.261 e. The summed E-state index contributed by atoms with van der Waals surface area (Å²) < 4.78 is 6.71. The first-order chi connectivity index (χ1) is 15.6. The van der Waals surface area contributed by atoms with E-state index in [4.69, 9.17) is 9.63 Å². The lowest BCUT2D eigenvalue weighted by atomic mass is 10.1. The van der Waals surface area contributed by atoms with Crippen molar-refractivity contribution in [2.75, 3.05) is 37.7 Å². The number of piperazine rings is 1. The molecule has 0 aliphatic carbocycles. The van der Waals surface area contributed by atoms with Crippen LogP contribution in [0.1, 0.15) is 5.69 Å². The van der Waals surface area contributed by atoms with Crippen LogP contribution in [0.25, 0.3) is 21.9 Å². The molecular formula is C23H23N5O4. The number of aromatic nitrogens is 3. The average Bonchev–Trinajstić information content (AvgIpc) is 3.24. The summed E-state index contributed by atoms with van der Waals surface area (Å²) in [6, 6.07) is 13.1. The Morgan fingerprint density at radius 3 is 2.69 bits per heavy atom. The van der Waals surface area contributed by atoms with Crippen LogP contribution in [0, 0.1) is 0 Å². The quantitative estimate of drug-likeness (QED) is 0.508. The van der Waals surface area contributed by atoms with E-state index < -0.39 is 0 Å². The number of aliphatic hydroxyl groups is 1. The molecule has 2 aromatic heterocycles. The first-order valence-corrected chi connectivity index (χ1v) is 10.6. The molecule has 0 atom stereocenters. The van der Waals surface area contributed by atoms with Crippen molar-refractivity contribution in [1.82, 2.24) is 19.6 Å². The third-order valence-corrected chi connectivity index (χ3v) is 5.92. The number of carbonyl (C=O) groups is 1. The number of fused-ring (bicyclic) bond motifs is 2. The van der Waals surface area contributed by atoms with Crippen LogP contribution in [0.3, 0.4) is 0 Å². The number of carbonyl (C=O) groups excluding carboxylic acids is 1. The van der Waals surface area contributed by atoms with Gasteiger partial charge >= 0.3 is 0 Å². The smallest absolute Gasteiger partial charge is 0.261 e. The summed E-state index contributed by atoms with van der Waals surface area (Å²) in [4.78, 5) is 33.7. The number of amides is 1. The zero-order valence-corrected chi connectivity index (χ0v) is 17.5. The molecule has 1 fully saturated rings. The summed E-state index contributed by atoms with van der Waals surface area (Å²) in [6.07, 6.45) is 1.69. The van der Waals surface area contributed by atoms with Crippen LogP contribution < -0.4 is 10.5 Å². The Morgan fingerprint density at radius 1 is 1.06 bits per heavy atom. The van der Waals surface area contributed by atoms with Gasteiger partial charge in [0.15, 0.2) is 5.58 Å². The van der Waals surface area contributed by atoms with Gasteiger partial charge in [0.1, 0.15) is 5.69 Å². The number of rotatable bonds is 5. The molecule has 32 heavy (non-hydrogen) atoms. The van der Waals surface area contributed by atoms with Crippen molar-refractivity contribution < 1.29 is 14.4 Å². The first kappa shape index (κ1) is 20.2. The number of hydrogen-bond donors (Lipinski definition) is 1. The van der Waals surface area contributed by atoms with Crippen molar-refractivity contribution >= 4 is 33.5 Å². The third-order valence-electron chi connectivity index (χ3n) is 5.92. The van der Waals surface area contributed by atoms with Gasteiger partial charge in [-0.2, -0.15) is 0 Å². The monoisotopic (exact) mass is 433 g/mol. The van der Waals surface area contributed by atoms with Crippen LogP contribution in [0.2, 0.25) is 0 Å². The standard InChI is InChI=1S/C23H23N5O4/c29-12-11-28-15-24-19-13-16(5-6-18(19)23(28)31)26-7-9-27(10-8-26)22(30)14-20-17-3-1-2-4-21(17)32-25-20/h1-6,13,15,29H,7-12,14H2. The van der Waals surface area contributed by atoms with Gasteiger partial charge in [-0.3, -0.25) is 14.2 Å². The topological polar surface area (TPSA) is 105 Å². The van der Waals surface area contributed by atoms with Crippen LogP contribution in [0.4, 0.5) is 5.69 Å². The van der Waals surface area contributed by atoms with Crippen LogP contribution in [-0.2, 0) is 17.8 Å². The Labute approximate surface area is 183 Å². The fourth-order valence-electron chi connectivity index (χ4n) is 4.15. The predicted octanol–water partition coefficient (Wildman–Crippen LogP) is 1.42. The number of anilines is 1. The molecule has 0 unspecified atom stereocenters. The Bertz CT molecular complexity index is 1340. The number of benzene rings is 2. The molecule has 1 aliphatic rings. The molecule has 0 bridgehead atoms. The molecule has 0 spiro atoms. The van der Waals surface area contributed by atoms with E-state index in [0.29, 0.717) is 48.4 Å². The summed E-state index contributed by atoms with van der Waals surface area (Å²) in [7, 11) is 0. The Kier molecular flexibility index (Phi) is 5.32. The van der Waals surface area contributed by atoms with Crippen molar-refractivity contribution in [3.8, 4) is 0 Å². The van der Waals surface area contributed by atoms with E-state index in [9.17, 15) is 9.59 Å². The molecule has 0 saturated carbocycles. The summed E-state index contributed by atoms with van der Waals surface area (Å²) >= 11 is 0. The van der Waals surface area contributed by atoms with E-state index in [1.807, 2.05) is 41.3 Å². The summed E-state index contributed by atoms with van der Waals surface area (Å²) in [6.45, 7) is 2.72. The first-order valence-electron chi connectivity index (χ1n) is 10.6. The number of aliphatic hydroxyl groups excluding tert-OH is 1. The summed E-state index contributed by atoms with van der Waals surface area (Å²) in [5, 5.41) is 14.5. The number of hydrogen-bond acceptors (Lipinski definition) is 7. The second-order valence-electron chi connectivity index (χ2n) is 7.84.